The lowest BCUT2D eigenvalue weighted by Gasteiger charge is -2.10. The molecule has 18 heavy (non-hydrogen) atoms. The summed E-state index contributed by atoms with van der Waals surface area (Å²) < 4.78 is 2.15. The Morgan fingerprint density at radius 1 is 1.39 bits per heavy atom. The van der Waals surface area contributed by atoms with E-state index >= 15 is 0 Å². The molecule has 1 heterocycles. The SMILES string of the molecule is CCCc1nccn1Cc1ccc(CN)cc1Cl. The largest absolute Gasteiger partial charge is 0.330 e. The minimum absolute atomic E-state index is 0.520. The zero-order valence-electron chi connectivity index (χ0n) is 10.6. The van der Waals surface area contributed by atoms with E-state index in [0.717, 1.165) is 41.4 Å². The number of halogens is 1. The molecule has 1 aromatic carbocycles. The maximum atomic E-state index is 6.27. The van der Waals surface area contributed by atoms with Crippen LogP contribution < -0.4 is 5.73 Å². The third-order valence-electron chi connectivity index (χ3n) is 2.97. The van der Waals surface area contributed by atoms with Crippen LogP contribution in [-0.2, 0) is 19.5 Å². The third kappa shape index (κ3) is 2.92. The van der Waals surface area contributed by atoms with Gasteiger partial charge < -0.3 is 10.3 Å². The number of rotatable bonds is 5. The van der Waals surface area contributed by atoms with E-state index < -0.39 is 0 Å². The lowest BCUT2D eigenvalue weighted by Crippen LogP contribution is -2.05. The van der Waals surface area contributed by atoms with Crippen LogP contribution in [0.2, 0.25) is 5.02 Å². The molecule has 0 atom stereocenters. The zero-order valence-corrected chi connectivity index (χ0v) is 11.3. The summed E-state index contributed by atoms with van der Waals surface area (Å²) in [4.78, 5) is 4.37. The number of nitrogens with two attached hydrogens (primary N) is 1. The summed E-state index contributed by atoms with van der Waals surface area (Å²) in [7, 11) is 0. The Kier molecular flexibility index (Phi) is 4.39. The maximum absolute atomic E-state index is 6.27. The van der Waals surface area contributed by atoms with Crippen molar-refractivity contribution in [3.63, 3.8) is 0 Å². The van der Waals surface area contributed by atoms with Crippen LogP contribution in [-0.4, -0.2) is 9.55 Å². The summed E-state index contributed by atoms with van der Waals surface area (Å²) in [5, 5.41) is 0.772. The fourth-order valence-corrected chi connectivity index (χ4v) is 2.23. The van der Waals surface area contributed by atoms with Crippen molar-refractivity contribution in [3.8, 4) is 0 Å². The maximum Gasteiger partial charge on any atom is 0.108 e. The molecule has 2 aromatic rings. The van der Waals surface area contributed by atoms with Crippen LogP contribution in [0.25, 0.3) is 0 Å². The standard InChI is InChI=1S/C14H18ClN3/c1-2-3-14-17-6-7-18(14)10-12-5-4-11(9-16)8-13(12)15/h4-8H,2-3,9-10,16H2,1H3. The van der Waals surface area contributed by atoms with Crippen molar-refractivity contribution in [1.82, 2.24) is 9.55 Å². The molecule has 2 rings (SSSR count). The van der Waals surface area contributed by atoms with Gasteiger partial charge in [0.2, 0.25) is 0 Å². The molecule has 1 aromatic heterocycles. The molecule has 0 saturated heterocycles. The summed E-state index contributed by atoms with van der Waals surface area (Å²) in [5.41, 5.74) is 7.75. The molecule has 0 fully saturated rings. The highest BCUT2D eigenvalue weighted by atomic mass is 35.5. The van der Waals surface area contributed by atoms with Crippen LogP contribution in [0.3, 0.4) is 0 Å². The van der Waals surface area contributed by atoms with Crippen LogP contribution in [0.1, 0.15) is 30.3 Å². The van der Waals surface area contributed by atoms with Gasteiger partial charge in [-0.15, -0.1) is 0 Å². The highest BCUT2D eigenvalue weighted by molar-refractivity contribution is 6.31. The molecule has 0 radical (unpaired) electrons. The summed E-state index contributed by atoms with van der Waals surface area (Å²) in [6.07, 6.45) is 5.92. The second-order valence-corrected chi connectivity index (χ2v) is 4.76. The van der Waals surface area contributed by atoms with Gasteiger partial charge >= 0.3 is 0 Å². The Morgan fingerprint density at radius 3 is 2.89 bits per heavy atom. The van der Waals surface area contributed by atoms with Gasteiger partial charge in [-0.3, -0.25) is 0 Å². The van der Waals surface area contributed by atoms with Gasteiger partial charge in [-0.25, -0.2) is 4.98 Å². The Bertz CT molecular complexity index is 520. The topological polar surface area (TPSA) is 43.8 Å². The Morgan fingerprint density at radius 2 is 2.22 bits per heavy atom. The van der Waals surface area contributed by atoms with Crippen LogP contribution in [0.5, 0.6) is 0 Å². The van der Waals surface area contributed by atoms with E-state index in [1.54, 1.807) is 0 Å². The molecule has 0 spiro atoms. The molecule has 96 valence electrons. The Hall–Kier alpha value is -1.32. The highest BCUT2D eigenvalue weighted by Gasteiger charge is 2.06. The van der Waals surface area contributed by atoms with Crippen molar-refractivity contribution in [3.05, 3.63) is 52.6 Å². The van der Waals surface area contributed by atoms with Crippen molar-refractivity contribution in [2.45, 2.75) is 32.9 Å². The summed E-state index contributed by atoms with van der Waals surface area (Å²) in [5.74, 6) is 1.11. The number of hydrogen-bond donors (Lipinski definition) is 1. The third-order valence-corrected chi connectivity index (χ3v) is 3.32. The van der Waals surface area contributed by atoms with Gasteiger partial charge in [-0.05, 0) is 23.6 Å². The predicted molar refractivity (Wildman–Crippen MR) is 74.7 cm³/mol. The molecule has 0 saturated carbocycles. The van der Waals surface area contributed by atoms with Gasteiger partial charge in [-0.2, -0.15) is 0 Å². The van der Waals surface area contributed by atoms with Gasteiger partial charge in [0.05, 0.1) is 6.54 Å². The van der Waals surface area contributed by atoms with Gasteiger partial charge in [0.25, 0.3) is 0 Å². The first-order valence-electron chi connectivity index (χ1n) is 6.22. The first-order chi connectivity index (χ1) is 8.74. The quantitative estimate of drug-likeness (QED) is 0.901. The summed E-state index contributed by atoms with van der Waals surface area (Å²) >= 11 is 6.27. The first-order valence-corrected chi connectivity index (χ1v) is 6.59. The molecular formula is C14H18ClN3. The van der Waals surface area contributed by atoms with Crippen molar-refractivity contribution in [1.29, 1.82) is 0 Å². The minimum Gasteiger partial charge on any atom is -0.330 e. The van der Waals surface area contributed by atoms with E-state index in [1.807, 2.05) is 30.6 Å². The number of benzene rings is 1. The van der Waals surface area contributed by atoms with Gasteiger partial charge in [-0.1, -0.05) is 30.7 Å². The van der Waals surface area contributed by atoms with E-state index in [4.69, 9.17) is 17.3 Å². The van der Waals surface area contributed by atoms with Crippen LogP contribution in [0, 0.1) is 0 Å². The van der Waals surface area contributed by atoms with Crippen LogP contribution in [0.15, 0.2) is 30.6 Å². The van der Waals surface area contributed by atoms with Crippen LogP contribution >= 0.6 is 11.6 Å². The fraction of sp³-hybridized carbons (Fsp3) is 0.357. The zero-order chi connectivity index (χ0) is 13.0. The normalized spacial score (nSPS) is 10.8. The van der Waals surface area contributed by atoms with Crippen molar-refractivity contribution < 1.29 is 0 Å². The van der Waals surface area contributed by atoms with Gasteiger partial charge in [0.1, 0.15) is 5.82 Å². The molecule has 4 heteroatoms. The van der Waals surface area contributed by atoms with Crippen molar-refractivity contribution in [2.75, 3.05) is 0 Å². The minimum atomic E-state index is 0.520. The number of imidazole rings is 1. The molecule has 0 amide bonds. The summed E-state index contributed by atoms with van der Waals surface area (Å²) in [6.45, 7) is 3.44. The van der Waals surface area contributed by atoms with E-state index in [-0.39, 0.29) is 0 Å². The highest BCUT2D eigenvalue weighted by Crippen LogP contribution is 2.19. The Labute approximate surface area is 113 Å². The molecule has 0 unspecified atom stereocenters. The first kappa shape index (κ1) is 13.1. The predicted octanol–water partition coefficient (Wildman–Crippen LogP) is 3.00. The lowest BCUT2D eigenvalue weighted by atomic mass is 10.1. The fourth-order valence-electron chi connectivity index (χ4n) is 1.97. The van der Waals surface area contributed by atoms with Gasteiger partial charge in [0, 0.05) is 30.4 Å². The average Bonchev–Trinajstić information content (AvgIpc) is 2.80. The number of hydrogen-bond acceptors (Lipinski definition) is 2. The monoisotopic (exact) mass is 263 g/mol. The molecule has 0 aliphatic rings. The molecule has 0 aliphatic carbocycles. The van der Waals surface area contributed by atoms with Crippen LogP contribution in [0.4, 0.5) is 0 Å². The van der Waals surface area contributed by atoms with Crippen molar-refractivity contribution >= 4 is 11.6 Å². The summed E-state index contributed by atoms with van der Waals surface area (Å²) in [6, 6.07) is 6.01. The Balaban J connectivity index is 2.20. The smallest absolute Gasteiger partial charge is 0.108 e. The van der Waals surface area contributed by atoms with E-state index in [2.05, 4.69) is 16.5 Å². The lowest BCUT2D eigenvalue weighted by molar-refractivity contribution is 0.705. The second-order valence-electron chi connectivity index (χ2n) is 4.35. The molecule has 2 N–H and O–H groups in total. The molecule has 3 nitrogen and oxygen atoms in total. The molecule has 0 aliphatic heterocycles. The number of aryl methyl sites for hydroxylation is 1. The number of aromatic nitrogens is 2. The van der Waals surface area contributed by atoms with E-state index in [9.17, 15) is 0 Å². The van der Waals surface area contributed by atoms with E-state index in [0.29, 0.717) is 6.54 Å². The number of nitrogens with zero attached hydrogens (tertiary/aromatic N) is 2. The second kappa shape index (κ2) is 6.03. The van der Waals surface area contributed by atoms with Gasteiger partial charge in [0.15, 0.2) is 0 Å². The molecule has 0 bridgehead atoms. The van der Waals surface area contributed by atoms with Crippen molar-refractivity contribution in [2.24, 2.45) is 5.73 Å². The average molecular weight is 264 g/mol. The van der Waals surface area contributed by atoms with E-state index in [1.165, 1.54) is 0 Å². The molecular weight excluding hydrogens is 246 g/mol.